The second-order valence-corrected chi connectivity index (χ2v) is 6.50. The van der Waals surface area contributed by atoms with Crippen LogP contribution < -0.4 is 0 Å². The summed E-state index contributed by atoms with van der Waals surface area (Å²) in [5.74, 6) is -1.93. The van der Waals surface area contributed by atoms with Crippen LogP contribution in [0, 0.1) is 5.82 Å². The quantitative estimate of drug-likeness (QED) is 0.381. The number of carboxylic acid groups (broad SMARTS) is 1. The summed E-state index contributed by atoms with van der Waals surface area (Å²) in [6.45, 7) is -0.181. The monoisotopic (exact) mass is 343 g/mol. The maximum atomic E-state index is 13.3. The van der Waals surface area contributed by atoms with Gasteiger partial charge in [0.05, 0.1) is 6.67 Å². The minimum absolute atomic E-state index is 0.181. The van der Waals surface area contributed by atoms with Crippen LogP contribution in [0.25, 0.3) is 0 Å². The number of aromatic nitrogens is 1. The molecule has 0 unspecified atom stereocenters. The minimum Gasteiger partial charge on any atom is -0.476 e. The summed E-state index contributed by atoms with van der Waals surface area (Å²) in [5, 5.41) is 8.78. The zero-order chi connectivity index (χ0) is 17.6. The third kappa shape index (κ3) is 9.04. The standard InChI is InChI=1S/C19H31F2NO2/c20-14-12-10-8-6-4-2-1-3-5-7-9-11-13-16-15-17(21)18(22-16)19(23)24/h15,22H,1-14H2,(H,23,24). The van der Waals surface area contributed by atoms with Crippen LogP contribution in [0.5, 0.6) is 0 Å². The van der Waals surface area contributed by atoms with Crippen molar-refractivity contribution in [3.63, 3.8) is 0 Å². The SMILES string of the molecule is O=C(O)c1[nH]c(CCCCCCCCCCCCCCF)cc1F. The summed E-state index contributed by atoms with van der Waals surface area (Å²) in [7, 11) is 0. The van der Waals surface area contributed by atoms with E-state index in [4.69, 9.17) is 5.11 Å². The average molecular weight is 343 g/mol. The van der Waals surface area contributed by atoms with Gasteiger partial charge in [0.15, 0.2) is 11.5 Å². The van der Waals surface area contributed by atoms with Gasteiger partial charge < -0.3 is 10.1 Å². The minimum atomic E-state index is -1.25. The number of H-pyrrole nitrogens is 1. The second kappa shape index (κ2) is 13.0. The normalized spacial score (nSPS) is 11.1. The third-order valence-corrected chi connectivity index (χ3v) is 4.37. The van der Waals surface area contributed by atoms with Gasteiger partial charge in [-0.25, -0.2) is 9.18 Å². The molecule has 2 N–H and O–H groups in total. The summed E-state index contributed by atoms with van der Waals surface area (Å²) in [6.07, 6.45) is 14.3. The Morgan fingerprint density at radius 2 is 1.33 bits per heavy atom. The number of aromatic carboxylic acids is 1. The summed E-state index contributed by atoms with van der Waals surface area (Å²) in [5.41, 5.74) is 0.326. The molecule has 0 radical (unpaired) electrons. The Bertz CT molecular complexity index is 460. The predicted octanol–water partition coefficient (Wildman–Crippen LogP) is 6.05. The molecule has 0 aliphatic heterocycles. The molecule has 1 aromatic heterocycles. The molecule has 3 nitrogen and oxygen atoms in total. The molecule has 0 aliphatic carbocycles. The molecule has 0 amide bonds. The van der Waals surface area contributed by atoms with E-state index in [0.29, 0.717) is 18.5 Å². The van der Waals surface area contributed by atoms with Crippen LogP contribution in [-0.2, 0) is 6.42 Å². The zero-order valence-corrected chi connectivity index (χ0v) is 14.6. The number of unbranched alkanes of at least 4 members (excludes halogenated alkanes) is 11. The lowest BCUT2D eigenvalue weighted by Gasteiger charge is -2.02. The van der Waals surface area contributed by atoms with Crippen LogP contribution in [0.3, 0.4) is 0 Å². The third-order valence-electron chi connectivity index (χ3n) is 4.37. The lowest BCUT2D eigenvalue weighted by Crippen LogP contribution is -1.99. The number of carbonyl (C=O) groups is 1. The molecule has 138 valence electrons. The van der Waals surface area contributed by atoms with Gasteiger partial charge >= 0.3 is 5.97 Å². The van der Waals surface area contributed by atoms with Crippen LogP contribution in [-0.4, -0.2) is 22.7 Å². The summed E-state index contributed by atoms with van der Waals surface area (Å²) < 4.78 is 25.2. The zero-order valence-electron chi connectivity index (χ0n) is 14.6. The summed E-state index contributed by atoms with van der Waals surface area (Å²) in [4.78, 5) is 13.4. The maximum absolute atomic E-state index is 13.3. The first-order valence-electron chi connectivity index (χ1n) is 9.31. The van der Waals surface area contributed by atoms with Crippen molar-refractivity contribution in [3.8, 4) is 0 Å². The first kappa shape index (κ1) is 20.7. The van der Waals surface area contributed by atoms with Crippen LogP contribution in [0.4, 0.5) is 8.78 Å². The van der Waals surface area contributed by atoms with Gasteiger partial charge in [-0.2, -0.15) is 0 Å². The van der Waals surface area contributed by atoms with Gasteiger partial charge in [-0.1, -0.05) is 64.2 Å². The Morgan fingerprint density at radius 1 is 0.875 bits per heavy atom. The van der Waals surface area contributed by atoms with E-state index in [1.807, 2.05) is 0 Å². The van der Waals surface area contributed by atoms with Gasteiger partial charge in [-0.3, -0.25) is 4.39 Å². The lowest BCUT2D eigenvalue weighted by atomic mass is 10.0. The van der Waals surface area contributed by atoms with Crippen LogP contribution >= 0.6 is 0 Å². The molecule has 0 aromatic carbocycles. The van der Waals surface area contributed by atoms with E-state index in [1.54, 1.807) is 0 Å². The van der Waals surface area contributed by atoms with E-state index in [9.17, 15) is 13.6 Å². The predicted molar refractivity (Wildman–Crippen MR) is 92.8 cm³/mol. The van der Waals surface area contributed by atoms with Crippen molar-refractivity contribution in [3.05, 3.63) is 23.3 Å². The summed E-state index contributed by atoms with van der Waals surface area (Å²) in [6, 6.07) is 1.29. The fourth-order valence-corrected chi connectivity index (χ4v) is 2.95. The molecule has 0 atom stereocenters. The van der Waals surface area contributed by atoms with Crippen LogP contribution in [0.2, 0.25) is 0 Å². The van der Waals surface area contributed by atoms with Gasteiger partial charge in [0.25, 0.3) is 0 Å². The highest BCUT2D eigenvalue weighted by molar-refractivity contribution is 5.85. The second-order valence-electron chi connectivity index (χ2n) is 6.50. The molecule has 0 aliphatic rings. The average Bonchev–Trinajstić information content (AvgIpc) is 2.93. The number of hydrogen-bond donors (Lipinski definition) is 2. The number of hydrogen-bond acceptors (Lipinski definition) is 1. The van der Waals surface area contributed by atoms with E-state index in [-0.39, 0.29) is 12.4 Å². The highest BCUT2D eigenvalue weighted by Gasteiger charge is 2.13. The lowest BCUT2D eigenvalue weighted by molar-refractivity contribution is 0.0686. The highest BCUT2D eigenvalue weighted by atomic mass is 19.1. The Balaban J connectivity index is 1.90. The van der Waals surface area contributed by atoms with Crippen molar-refractivity contribution in [1.29, 1.82) is 0 Å². The molecule has 0 spiro atoms. The largest absolute Gasteiger partial charge is 0.476 e. The Hall–Kier alpha value is -1.39. The molecule has 24 heavy (non-hydrogen) atoms. The van der Waals surface area contributed by atoms with Crippen molar-refractivity contribution in [2.24, 2.45) is 0 Å². The maximum Gasteiger partial charge on any atom is 0.355 e. The molecule has 0 fully saturated rings. The van der Waals surface area contributed by atoms with E-state index in [2.05, 4.69) is 4.98 Å². The number of aromatic amines is 1. The van der Waals surface area contributed by atoms with Crippen molar-refractivity contribution >= 4 is 5.97 Å². The Labute approximate surface area is 143 Å². The number of rotatable bonds is 15. The number of carboxylic acids is 1. The van der Waals surface area contributed by atoms with Crippen molar-refractivity contribution in [1.82, 2.24) is 4.98 Å². The molecule has 1 heterocycles. The van der Waals surface area contributed by atoms with E-state index < -0.39 is 11.8 Å². The fraction of sp³-hybridized carbons (Fsp3) is 0.737. The smallest absolute Gasteiger partial charge is 0.355 e. The number of alkyl halides is 1. The Morgan fingerprint density at radius 3 is 1.75 bits per heavy atom. The first-order valence-corrected chi connectivity index (χ1v) is 9.31. The van der Waals surface area contributed by atoms with Gasteiger partial charge in [-0.15, -0.1) is 0 Å². The molecule has 1 rings (SSSR count). The first-order chi connectivity index (χ1) is 11.6. The number of aryl methyl sites for hydroxylation is 1. The molecule has 0 saturated heterocycles. The highest BCUT2D eigenvalue weighted by Crippen LogP contribution is 2.15. The van der Waals surface area contributed by atoms with Gasteiger partial charge in [0.1, 0.15) is 0 Å². The van der Waals surface area contributed by atoms with Gasteiger partial charge in [0, 0.05) is 5.69 Å². The van der Waals surface area contributed by atoms with E-state index >= 15 is 0 Å². The Kier molecular flexibility index (Phi) is 11.2. The van der Waals surface area contributed by atoms with E-state index in [0.717, 1.165) is 25.7 Å². The van der Waals surface area contributed by atoms with Gasteiger partial charge in [0.2, 0.25) is 0 Å². The van der Waals surface area contributed by atoms with Crippen LogP contribution in [0.1, 0.15) is 93.2 Å². The molecule has 1 aromatic rings. The topological polar surface area (TPSA) is 53.1 Å². The molecule has 0 bridgehead atoms. The molecule has 0 saturated carbocycles. The van der Waals surface area contributed by atoms with Crippen LogP contribution in [0.15, 0.2) is 6.07 Å². The number of nitrogens with one attached hydrogen (secondary N) is 1. The fourth-order valence-electron chi connectivity index (χ4n) is 2.95. The molecule has 5 heteroatoms. The van der Waals surface area contributed by atoms with Gasteiger partial charge in [-0.05, 0) is 25.3 Å². The molecular weight excluding hydrogens is 312 g/mol. The van der Waals surface area contributed by atoms with Crippen molar-refractivity contribution in [2.75, 3.05) is 6.67 Å². The molecular formula is C19H31F2NO2. The summed E-state index contributed by atoms with van der Waals surface area (Å²) >= 11 is 0. The number of halogens is 2. The van der Waals surface area contributed by atoms with E-state index in [1.165, 1.54) is 51.0 Å². The van der Waals surface area contributed by atoms with Crippen molar-refractivity contribution < 1.29 is 18.7 Å². The van der Waals surface area contributed by atoms with Crippen molar-refractivity contribution in [2.45, 2.75) is 83.5 Å².